The fourth-order valence-electron chi connectivity index (χ4n) is 2.17. The number of pyridine rings is 1. The number of fused-ring (bicyclic) bond motifs is 1. The van der Waals surface area contributed by atoms with E-state index in [4.69, 9.17) is 14.0 Å². The van der Waals surface area contributed by atoms with Crippen LogP contribution in [-0.4, -0.2) is 32.2 Å². The highest BCUT2D eigenvalue weighted by Gasteiger charge is 2.24. The van der Waals surface area contributed by atoms with Crippen molar-refractivity contribution in [3.63, 3.8) is 0 Å². The lowest BCUT2D eigenvalue weighted by atomic mass is 10.2. The Labute approximate surface area is 124 Å². The molecule has 0 saturated carbocycles. The van der Waals surface area contributed by atoms with Crippen LogP contribution in [0.15, 0.2) is 30.3 Å². The Hall–Kier alpha value is -1.42. The van der Waals surface area contributed by atoms with E-state index < -0.39 is 7.37 Å². The molecule has 21 heavy (non-hydrogen) atoms. The Bertz CT molecular complexity index is 649. The van der Waals surface area contributed by atoms with Crippen molar-refractivity contribution in [3.05, 3.63) is 36.0 Å². The number of rotatable bonds is 7. The van der Waals surface area contributed by atoms with Crippen LogP contribution in [0.2, 0.25) is 0 Å². The van der Waals surface area contributed by atoms with Gasteiger partial charge in [-0.1, -0.05) is 6.07 Å². The maximum atomic E-state index is 12.6. The molecule has 1 unspecified atom stereocenters. The molecule has 0 spiro atoms. The van der Waals surface area contributed by atoms with Gasteiger partial charge in [-0.3, -0.25) is 9.55 Å². The second-order valence-electron chi connectivity index (χ2n) is 4.67. The smallest absolute Gasteiger partial charge is 0.233 e. The van der Waals surface area contributed by atoms with Crippen molar-refractivity contribution in [2.45, 2.75) is 13.1 Å². The fraction of sp³-hybridized carbons (Fsp3) is 0.400. The number of aromatic nitrogens is 1. The second-order valence-corrected chi connectivity index (χ2v) is 7.13. The summed E-state index contributed by atoms with van der Waals surface area (Å²) in [7, 11) is 0.307. The van der Waals surface area contributed by atoms with E-state index in [9.17, 15) is 4.57 Å². The third kappa shape index (κ3) is 4.03. The lowest BCUT2D eigenvalue weighted by Crippen LogP contribution is -2.02. The zero-order valence-corrected chi connectivity index (χ0v) is 13.4. The van der Waals surface area contributed by atoms with E-state index >= 15 is 0 Å². The van der Waals surface area contributed by atoms with Crippen molar-refractivity contribution in [2.75, 3.05) is 27.2 Å². The summed E-state index contributed by atoms with van der Waals surface area (Å²) in [6, 6.07) is 9.48. The first-order chi connectivity index (χ1) is 10.1. The van der Waals surface area contributed by atoms with E-state index in [0.29, 0.717) is 6.61 Å². The SMILES string of the molecule is CCOP(=O)(COC)Cc1ccc2cc(OC)ccc2n1. The van der Waals surface area contributed by atoms with Crippen LogP contribution in [0, 0.1) is 0 Å². The van der Waals surface area contributed by atoms with Gasteiger partial charge in [0.25, 0.3) is 0 Å². The van der Waals surface area contributed by atoms with Crippen LogP contribution in [0.1, 0.15) is 12.6 Å². The summed E-state index contributed by atoms with van der Waals surface area (Å²) in [5.41, 5.74) is 1.58. The number of ether oxygens (including phenoxy) is 2. The van der Waals surface area contributed by atoms with E-state index in [0.717, 1.165) is 22.3 Å². The summed E-state index contributed by atoms with van der Waals surface area (Å²) in [6.07, 6.45) is 0.375. The number of hydrogen-bond acceptors (Lipinski definition) is 5. The van der Waals surface area contributed by atoms with Gasteiger partial charge in [0.15, 0.2) is 0 Å². The molecule has 1 atom stereocenters. The number of methoxy groups -OCH3 is 2. The Balaban J connectivity index is 2.28. The van der Waals surface area contributed by atoms with Crippen molar-refractivity contribution < 1.29 is 18.6 Å². The average molecular weight is 309 g/mol. The molecule has 1 aromatic carbocycles. The van der Waals surface area contributed by atoms with Crippen molar-refractivity contribution in [1.29, 1.82) is 0 Å². The highest BCUT2D eigenvalue weighted by molar-refractivity contribution is 7.57. The number of benzene rings is 1. The first-order valence-corrected chi connectivity index (χ1v) is 8.75. The van der Waals surface area contributed by atoms with Crippen LogP contribution in [0.4, 0.5) is 0 Å². The zero-order valence-electron chi connectivity index (χ0n) is 12.5. The molecule has 2 aromatic rings. The maximum Gasteiger partial charge on any atom is 0.233 e. The molecule has 2 rings (SSSR count). The van der Waals surface area contributed by atoms with E-state index in [1.807, 2.05) is 37.3 Å². The van der Waals surface area contributed by atoms with Gasteiger partial charge in [0.2, 0.25) is 7.37 Å². The lowest BCUT2D eigenvalue weighted by molar-refractivity contribution is 0.222. The second kappa shape index (κ2) is 7.03. The summed E-state index contributed by atoms with van der Waals surface area (Å²) in [6.45, 7) is 2.22. The minimum absolute atomic E-state index is 0.100. The van der Waals surface area contributed by atoms with Crippen LogP contribution in [-0.2, 0) is 20.0 Å². The highest BCUT2D eigenvalue weighted by Crippen LogP contribution is 2.49. The molecule has 0 amide bonds. The summed E-state index contributed by atoms with van der Waals surface area (Å²) < 4.78 is 28.2. The van der Waals surface area contributed by atoms with Gasteiger partial charge in [-0.15, -0.1) is 0 Å². The van der Waals surface area contributed by atoms with Crippen LogP contribution < -0.4 is 4.74 Å². The Morgan fingerprint density at radius 3 is 2.67 bits per heavy atom. The molecule has 0 saturated heterocycles. The minimum Gasteiger partial charge on any atom is -0.497 e. The first-order valence-electron chi connectivity index (χ1n) is 6.75. The number of nitrogens with zero attached hydrogens (tertiary/aromatic N) is 1. The van der Waals surface area contributed by atoms with Crippen molar-refractivity contribution in [3.8, 4) is 5.75 Å². The molecule has 1 aromatic heterocycles. The molecular weight excluding hydrogens is 289 g/mol. The van der Waals surface area contributed by atoms with Gasteiger partial charge in [-0.05, 0) is 31.2 Å². The number of hydrogen-bond donors (Lipinski definition) is 0. The van der Waals surface area contributed by atoms with Gasteiger partial charge < -0.3 is 14.0 Å². The molecule has 6 heteroatoms. The third-order valence-corrected chi connectivity index (χ3v) is 5.23. The van der Waals surface area contributed by atoms with Gasteiger partial charge in [-0.2, -0.15) is 0 Å². The minimum atomic E-state index is -2.84. The molecular formula is C15H20NO4P. The summed E-state index contributed by atoms with van der Waals surface area (Å²) >= 11 is 0. The van der Waals surface area contributed by atoms with Crippen molar-refractivity contribution in [2.24, 2.45) is 0 Å². The standard InChI is InChI=1S/C15H20NO4P/c1-4-20-21(17,11-18-2)10-13-6-5-12-9-14(19-3)7-8-15(12)16-13/h5-9H,4,10-11H2,1-3H3. The van der Waals surface area contributed by atoms with Crippen LogP contribution in [0.5, 0.6) is 5.75 Å². The Morgan fingerprint density at radius 1 is 1.19 bits per heavy atom. The Kier molecular flexibility index (Phi) is 5.34. The molecule has 5 nitrogen and oxygen atoms in total. The Morgan fingerprint density at radius 2 is 2.00 bits per heavy atom. The normalized spacial score (nSPS) is 14.0. The molecule has 0 fully saturated rings. The van der Waals surface area contributed by atoms with Crippen LogP contribution in [0.3, 0.4) is 0 Å². The molecule has 0 bridgehead atoms. The first kappa shape index (κ1) is 16.0. The summed E-state index contributed by atoms with van der Waals surface area (Å²) in [5.74, 6) is 0.788. The molecule has 114 valence electrons. The summed E-state index contributed by atoms with van der Waals surface area (Å²) in [5, 5.41) is 0.982. The topological polar surface area (TPSA) is 57.7 Å². The largest absolute Gasteiger partial charge is 0.497 e. The molecule has 0 aliphatic rings. The van der Waals surface area contributed by atoms with Gasteiger partial charge >= 0.3 is 0 Å². The van der Waals surface area contributed by atoms with E-state index in [-0.39, 0.29) is 12.5 Å². The maximum absolute atomic E-state index is 12.6. The van der Waals surface area contributed by atoms with Crippen LogP contribution >= 0.6 is 7.37 Å². The zero-order chi connectivity index (χ0) is 15.3. The van der Waals surface area contributed by atoms with Gasteiger partial charge in [0, 0.05) is 12.5 Å². The van der Waals surface area contributed by atoms with E-state index in [1.54, 1.807) is 7.11 Å². The van der Waals surface area contributed by atoms with Gasteiger partial charge in [0.1, 0.15) is 12.1 Å². The third-order valence-electron chi connectivity index (χ3n) is 3.05. The monoisotopic (exact) mass is 309 g/mol. The lowest BCUT2D eigenvalue weighted by Gasteiger charge is -2.16. The molecule has 0 N–H and O–H groups in total. The van der Waals surface area contributed by atoms with Crippen molar-refractivity contribution >= 4 is 18.3 Å². The van der Waals surface area contributed by atoms with Crippen molar-refractivity contribution in [1.82, 2.24) is 4.98 Å². The fourth-order valence-corrected chi connectivity index (χ4v) is 3.96. The predicted molar refractivity (Wildman–Crippen MR) is 83.1 cm³/mol. The molecule has 0 radical (unpaired) electrons. The molecule has 0 aliphatic heterocycles. The summed E-state index contributed by atoms with van der Waals surface area (Å²) in [4.78, 5) is 4.54. The molecule has 1 heterocycles. The van der Waals surface area contributed by atoms with Crippen LogP contribution in [0.25, 0.3) is 10.9 Å². The van der Waals surface area contributed by atoms with Gasteiger partial charge in [-0.25, -0.2) is 0 Å². The van der Waals surface area contributed by atoms with E-state index in [2.05, 4.69) is 4.98 Å². The molecule has 0 aliphatic carbocycles. The van der Waals surface area contributed by atoms with E-state index in [1.165, 1.54) is 7.11 Å². The van der Waals surface area contributed by atoms with Gasteiger partial charge in [0.05, 0.1) is 31.1 Å². The average Bonchev–Trinajstić information content (AvgIpc) is 2.47. The predicted octanol–water partition coefficient (Wildman–Crippen LogP) is 3.66. The highest BCUT2D eigenvalue weighted by atomic mass is 31.2. The quantitative estimate of drug-likeness (QED) is 0.730.